The molecule has 1 nitrogen and oxygen atoms in total. The first-order valence-corrected chi connectivity index (χ1v) is 7.34. The van der Waals surface area contributed by atoms with E-state index in [1.54, 1.807) is 5.57 Å². The van der Waals surface area contributed by atoms with Crippen LogP contribution < -0.4 is 5.32 Å². The Kier molecular flexibility index (Phi) is 3.06. The third kappa shape index (κ3) is 1.84. The molecule has 90 valence electrons. The van der Waals surface area contributed by atoms with Crippen LogP contribution in [0.25, 0.3) is 0 Å². The Morgan fingerprint density at radius 2 is 2.06 bits per heavy atom. The molecular formula is C15H25N. The minimum Gasteiger partial charge on any atom is -0.310 e. The summed E-state index contributed by atoms with van der Waals surface area (Å²) in [6.07, 6.45) is 12.6. The monoisotopic (exact) mass is 219 g/mol. The first-order chi connectivity index (χ1) is 7.92. The molecule has 1 N–H and O–H groups in total. The summed E-state index contributed by atoms with van der Waals surface area (Å²) in [5, 5.41) is 3.77. The molecule has 0 amide bonds. The molecule has 1 heteroatoms. The van der Waals surface area contributed by atoms with Crippen LogP contribution in [0.1, 0.15) is 51.9 Å². The predicted octanol–water partition coefficient (Wildman–Crippen LogP) is 3.51. The van der Waals surface area contributed by atoms with E-state index >= 15 is 0 Å². The highest BCUT2D eigenvalue weighted by Gasteiger charge is 2.56. The third-order valence-electron chi connectivity index (χ3n) is 5.01. The maximum atomic E-state index is 3.77. The molecular weight excluding hydrogens is 194 g/mol. The smallest absolute Gasteiger partial charge is 0.0313 e. The normalized spacial score (nSPS) is 39.1. The summed E-state index contributed by atoms with van der Waals surface area (Å²) in [6, 6.07) is 0.751. The van der Waals surface area contributed by atoms with Crippen LogP contribution in [0.3, 0.4) is 0 Å². The summed E-state index contributed by atoms with van der Waals surface area (Å²) in [5.41, 5.74) is 1.76. The van der Waals surface area contributed by atoms with E-state index < -0.39 is 0 Å². The number of hydrogen-bond donors (Lipinski definition) is 1. The van der Waals surface area contributed by atoms with Gasteiger partial charge in [-0.1, -0.05) is 25.0 Å². The van der Waals surface area contributed by atoms with Gasteiger partial charge in [-0.2, -0.15) is 0 Å². The summed E-state index contributed by atoms with van der Waals surface area (Å²) in [5.74, 6) is 3.19. The molecule has 2 fully saturated rings. The summed E-state index contributed by atoms with van der Waals surface area (Å²) >= 11 is 0. The zero-order valence-electron chi connectivity index (χ0n) is 10.5. The molecule has 0 saturated heterocycles. The minimum atomic E-state index is 0.751. The number of likely N-dealkylation sites (N-methyl/N-ethyl adjacent to an activating group) is 1. The molecule has 16 heavy (non-hydrogen) atoms. The van der Waals surface area contributed by atoms with E-state index in [9.17, 15) is 0 Å². The number of nitrogens with one attached hydrogen (secondary N) is 1. The van der Waals surface area contributed by atoms with Crippen LogP contribution in [0.2, 0.25) is 0 Å². The fourth-order valence-electron chi connectivity index (χ4n) is 4.25. The Balaban J connectivity index is 1.69. The van der Waals surface area contributed by atoms with Crippen molar-refractivity contribution in [2.75, 3.05) is 6.54 Å². The van der Waals surface area contributed by atoms with Crippen LogP contribution in [0.5, 0.6) is 0 Å². The van der Waals surface area contributed by atoms with Crippen LogP contribution in [0.15, 0.2) is 11.6 Å². The van der Waals surface area contributed by atoms with Gasteiger partial charge in [0.1, 0.15) is 0 Å². The number of fused-ring (bicyclic) bond motifs is 1. The summed E-state index contributed by atoms with van der Waals surface area (Å²) in [7, 11) is 0. The SMILES string of the molecule is CCNC(C1=CCCCC1)C1C2CCCC21. The van der Waals surface area contributed by atoms with E-state index in [4.69, 9.17) is 0 Å². The quantitative estimate of drug-likeness (QED) is 0.713. The molecule has 0 aromatic heterocycles. The van der Waals surface area contributed by atoms with Crippen LogP contribution in [0, 0.1) is 17.8 Å². The predicted molar refractivity (Wildman–Crippen MR) is 68.3 cm³/mol. The second kappa shape index (κ2) is 4.52. The second-order valence-electron chi connectivity index (χ2n) is 5.90. The van der Waals surface area contributed by atoms with Crippen molar-refractivity contribution >= 4 is 0 Å². The van der Waals surface area contributed by atoms with Gasteiger partial charge in [0.15, 0.2) is 0 Å². The van der Waals surface area contributed by atoms with Crippen LogP contribution in [0.4, 0.5) is 0 Å². The van der Waals surface area contributed by atoms with Gasteiger partial charge in [-0.25, -0.2) is 0 Å². The molecule has 3 aliphatic carbocycles. The maximum Gasteiger partial charge on any atom is 0.0313 e. The Hall–Kier alpha value is -0.300. The molecule has 3 unspecified atom stereocenters. The van der Waals surface area contributed by atoms with E-state index in [1.165, 1.54) is 44.9 Å². The Labute approximate surface area is 99.7 Å². The van der Waals surface area contributed by atoms with E-state index in [0.29, 0.717) is 0 Å². The number of allylic oxidation sites excluding steroid dienone is 1. The first kappa shape index (κ1) is 10.8. The van der Waals surface area contributed by atoms with E-state index in [-0.39, 0.29) is 0 Å². The Morgan fingerprint density at radius 3 is 2.69 bits per heavy atom. The summed E-state index contributed by atoms with van der Waals surface area (Å²) in [6.45, 7) is 3.40. The van der Waals surface area contributed by atoms with Crippen LogP contribution >= 0.6 is 0 Å². The third-order valence-corrected chi connectivity index (χ3v) is 5.01. The highest BCUT2D eigenvalue weighted by atomic mass is 14.9. The van der Waals surface area contributed by atoms with Gasteiger partial charge in [0.25, 0.3) is 0 Å². The van der Waals surface area contributed by atoms with Crippen molar-refractivity contribution < 1.29 is 0 Å². The minimum absolute atomic E-state index is 0.751. The topological polar surface area (TPSA) is 12.0 Å². The van der Waals surface area contributed by atoms with E-state index in [0.717, 1.165) is 30.3 Å². The lowest BCUT2D eigenvalue weighted by molar-refractivity contribution is 0.437. The Bertz CT molecular complexity index is 271. The number of rotatable bonds is 4. The average Bonchev–Trinajstić information content (AvgIpc) is 2.80. The summed E-state index contributed by atoms with van der Waals surface area (Å²) < 4.78 is 0. The van der Waals surface area contributed by atoms with Crippen molar-refractivity contribution in [3.05, 3.63) is 11.6 Å². The fraction of sp³-hybridized carbons (Fsp3) is 0.867. The molecule has 3 aliphatic rings. The zero-order chi connectivity index (χ0) is 11.0. The molecule has 0 aromatic rings. The lowest BCUT2D eigenvalue weighted by Gasteiger charge is -2.25. The molecule has 3 rings (SSSR count). The lowest BCUT2D eigenvalue weighted by atomic mass is 9.89. The molecule has 2 saturated carbocycles. The van der Waals surface area contributed by atoms with Crippen molar-refractivity contribution in [2.45, 2.75) is 57.9 Å². The molecule has 0 aliphatic heterocycles. The molecule has 0 bridgehead atoms. The van der Waals surface area contributed by atoms with Gasteiger partial charge >= 0.3 is 0 Å². The lowest BCUT2D eigenvalue weighted by Crippen LogP contribution is -2.35. The van der Waals surface area contributed by atoms with Crippen molar-refractivity contribution in [1.29, 1.82) is 0 Å². The van der Waals surface area contributed by atoms with Gasteiger partial charge in [-0.3, -0.25) is 0 Å². The van der Waals surface area contributed by atoms with Crippen molar-refractivity contribution in [1.82, 2.24) is 5.32 Å². The standard InChI is InChI=1S/C15H25N/c1-2-16-15(11-7-4-3-5-8-11)14-12-9-6-10-13(12)14/h7,12-16H,2-6,8-10H2,1H3. The van der Waals surface area contributed by atoms with Crippen molar-refractivity contribution in [3.8, 4) is 0 Å². The van der Waals surface area contributed by atoms with E-state index in [1.807, 2.05) is 0 Å². The van der Waals surface area contributed by atoms with Crippen molar-refractivity contribution in [3.63, 3.8) is 0 Å². The molecule has 0 spiro atoms. The maximum absolute atomic E-state index is 3.77. The zero-order valence-corrected chi connectivity index (χ0v) is 10.5. The molecule has 0 radical (unpaired) electrons. The fourth-order valence-corrected chi connectivity index (χ4v) is 4.25. The van der Waals surface area contributed by atoms with Gasteiger partial charge in [0, 0.05) is 6.04 Å². The highest BCUT2D eigenvalue weighted by Crippen LogP contribution is 2.60. The van der Waals surface area contributed by atoms with Crippen LogP contribution in [-0.2, 0) is 0 Å². The van der Waals surface area contributed by atoms with Gasteiger partial charge in [-0.15, -0.1) is 0 Å². The Morgan fingerprint density at radius 1 is 1.25 bits per heavy atom. The van der Waals surface area contributed by atoms with Crippen molar-refractivity contribution in [2.24, 2.45) is 17.8 Å². The van der Waals surface area contributed by atoms with E-state index in [2.05, 4.69) is 18.3 Å². The van der Waals surface area contributed by atoms with Gasteiger partial charge in [0.05, 0.1) is 0 Å². The average molecular weight is 219 g/mol. The molecule has 0 heterocycles. The number of hydrogen-bond acceptors (Lipinski definition) is 1. The summed E-state index contributed by atoms with van der Waals surface area (Å²) in [4.78, 5) is 0. The second-order valence-corrected chi connectivity index (χ2v) is 5.90. The highest BCUT2D eigenvalue weighted by molar-refractivity contribution is 5.21. The first-order valence-electron chi connectivity index (χ1n) is 7.34. The van der Waals surface area contributed by atoms with Crippen LogP contribution in [-0.4, -0.2) is 12.6 Å². The van der Waals surface area contributed by atoms with Gasteiger partial charge in [0.2, 0.25) is 0 Å². The molecule has 3 atom stereocenters. The van der Waals surface area contributed by atoms with Gasteiger partial charge in [-0.05, 0) is 62.8 Å². The molecule has 0 aromatic carbocycles. The van der Waals surface area contributed by atoms with Gasteiger partial charge < -0.3 is 5.32 Å². The largest absolute Gasteiger partial charge is 0.310 e.